The summed E-state index contributed by atoms with van der Waals surface area (Å²) in [5.74, 6) is 0.217. The quantitative estimate of drug-likeness (QED) is 0.762. The first-order valence-corrected chi connectivity index (χ1v) is 10.6. The first-order valence-electron chi connectivity index (χ1n) is 7.91. The molecule has 0 radical (unpaired) electrons. The fourth-order valence-corrected chi connectivity index (χ4v) is 4.31. The van der Waals surface area contributed by atoms with Gasteiger partial charge in [-0.15, -0.1) is 0 Å². The Hall–Kier alpha value is -0.930. The highest BCUT2D eigenvalue weighted by Crippen LogP contribution is 2.35. The maximum atomic E-state index is 12.8. The summed E-state index contributed by atoms with van der Waals surface area (Å²) in [6.45, 7) is 1.91. The van der Waals surface area contributed by atoms with E-state index in [4.69, 9.17) is 27.9 Å². The number of amides is 1. The predicted molar refractivity (Wildman–Crippen MR) is 94.3 cm³/mol. The van der Waals surface area contributed by atoms with Crippen LogP contribution in [0.5, 0.6) is 0 Å². The summed E-state index contributed by atoms with van der Waals surface area (Å²) in [5, 5.41) is 0.501. The fourth-order valence-electron chi connectivity index (χ4n) is 3.39. The van der Waals surface area contributed by atoms with Crippen LogP contribution in [0.2, 0.25) is 10.2 Å². The number of nitrogens with zero attached hydrogens (tertiary/aromatic N) is 2. The number of nitrogens with one attached hydrogen (secondary N) is 1. The maximum absolute atomic E-state index is 12.8. The van der Waals surface area contributed by atoms with Crippen molar-refractivity contribution in [2.24, 2.45) is 11.8 Å². The van der Waals surface area contributed by atoms with Gasteiger partial charge in [-0.05, 0) is 18.4 Å². The number of pyridine rings is 1. The van der Waals surface area contributed by atoms with Crippen LogP contribution in [0.1, 0.15) is 16.8 Å². The number of carbonyl (C=O) groups excluding carboxylic acids is 1. The molecule has 3 heterocycles. The average Bonchev–Trinajstić information content (AvgIpc) is 2.94. The fraction of sp³-hybridized carbons (Fsp3) is 0.600. The number of hydrogen-bond acceptors (Lipinski definition) is 5. The minimum absolute atomic E-state index is 0.0889. The summed E-state index contributed by atoms with van der Waals surface area (Å²) in [7, 11) is -3.28. The molecular formula is C15H19Cl2N3O4S. The van der Waals surface area contributed by atoms with Crippen LogP contribution in [0.3, 0.4) is 0 Å². The number of rotatable bonds is 4. The molecule has 0 aliphatic carbocycles. The van der Waals surface area contributed by atoms with Gasteiger partial charge in [0.05, 0.1) is 29.6 Å². The summed E-state index contributed by atoms with van der Waals surface area (Å²) < 4.78 is 30.8. The van der Waals surface area contributed by atoms with Gasteiger partial charge in [-0.2, -0.15) is 0 Å². The Balaban J connectivity index is 1.70. The number of ether oxygens (including phenoxy) is 1. The SMILES string of the molecule is CS(=O)(=O)NC[C@H]1OC[C@@H]2CCN(C(=O)c3cnc(Cl)cc3Cl)C[C@@H]21. The molecule has 0 aromatic carbocycles. The normalized spacial score (nSPS) is 26.5. The second-order valence-corrected chi connectivity index (χ2v) is 9.07. The molecule has 1 amide bonds. The van der Waals surface area contributed by atoms with Crippen molar-refractivity contribution in [3.8, 4) is 0 Å². The predicted octanol–water partition coefficient (Wildman–Crippen LogP) is 1.41. The summed E-state index contributed by atoms with van der Waals surface area (Å²) >= 11 is 11.9. The van der Waals surface area contributed by atoms with Gasteiger partial charge in [0.25, 0.3) is 5.91 Å². The number of likely N-dealkylation sites (tertiary alicyclic amines) is 1. The third kappa shape index (κ3) is 4.43. The number of halogens is 2. The Kier molecular flexibility index (Phi) is 5.55. The van der Waals surface area contributed by atoms with Crippen molar-refractivity contribution in [1.29, 1.82) is 0 Å². The van der Waals surface area contributed by atoms with Gasteiger partial charge in [0.2, 0.25) is 10.0 Å². The van der Waals surface area contributed by atoms with E-state index in [-0.39, 0.29) is 34.6 Å². The van der Waals surface area contributed by atoms with Gasteiger partial charge in [-0.1, -0.05) is 23.2 Å². The highest BCUT2D eigenvalue weighted by Gasteiger charge is 2.42. The molecule has 3 atom stereocenters. The van der Waals surface area contributed by atoms with Crippen LogP contribution in [0.15, 0.2) is 12.3 Å². The molecule has 2 saturated heterocycles. The largest absolute Gasteiger partial charge is 0.376 e. The van der Waals surface area contributed by atoms with Crippen LogP contribution in [0.25, 0.3) is 0 Å². The molecule has 25 heavy (non-hydrogen) atoms. The Morgan fingerprint density at radius 3 is 2.92 bits per heavy atom. The van der Waals surface area contributed by atoms with Crippen molar-refractivity contribution in [2.45, 2.75) is 12.5 Å². The Bertz CT molecular complexity index is 774. The number of piperidine rings is 1. The standard InChI is InChI=1S/C15H19Cl2N3O4S/c1-25(22,23)19-6-13-11-7-20(3-2-9(11)8-24-13)15(21)10-5-18-14(17)4-12(10)16/h4-5,9,11,13,19H,2-3,6-8H2,1H3/t9-,11-,13+/m0/s1. The first-order chi connectivity index (χ1) is 11.7. The monoisotopic (exact) mass is 407 g/mol. The van der Waals surface area contributed by atoms with Gasteiger partial charge in [0.15, 0.2) is 0 Å². The third-order valence-corrected chi connectivity index (χ3v) is 5.90. The van der Waals surface area contributed by atoms with Crippen LogP contribution in [0.4, 0.5) is 0 Å². The number of fused-ring (bicyclic) bond motifs is 1. The number of sulfonamides is 1. The number of hydrogen-bond donors (Lipinski definition) is 1. The van der Waals surface area contributed by atoms with Crippen molar-refractivity contribution in [3.63, 3.8) is 0 Å². The van der Waals surface area contributed by atoms with Gasteiger partial charge in [-0.3, -0.25) is 4.79 Å². The molecule has 2 aliphatic heterocycles. The van der Waals surface area contributed by atoms with Crippen molar-refractivity contribution in [3.05, 3.63) is 28.0 Å². The summed E-state index contributed by atoms with van der Waals surface area (Å²) in [5.41, 5.74) is 0.314. The van der Waals surface area contributed by atoms with E-state index >= 15 is 0 Å². The van der Waals surface area contributed by atoms with Crippen molar-refractivity contribution in [2.75, 3.05) is 32.5 Å². The second-order valence-electron chi connectivity index (χ2n) is 6.44. The molecule has 0 saturated carbocycles. The Morgan fingerprint density at radius 2 is 2.24 bits per heavy atom. The van der Waals surface area contributed by atoms with Crippen molar-refractivity contribution >= 4 is 39.1 Å². The zero-order valence-electron chi connectivity index (χ0n) is 13.6. The van der Waals surface area contributed by atoms with Crippen LogP contribution in [0, 0.1) is 11.8 Å². The Morgan fingerprint density at radius 1 is 1.48 bits per heavy atom. The van der Waals surface area contributed by atoms with E-state index in [1.54, 1.807) is 4.90 Å². The van der Waals surface area contributed by atoms with E-state index in [0.717, 1.165) is 12.7 Å². The van der Waals surface area contributed by atoms with Crippen molar-refractivity contribution < 1.29 is 17.9 Å². The van der Waals surface area contributed by atoms with Gasteiger partial charge in [0, 0.05) is 31.7 Å². The molecule has 10 heteroatoms. The van der Waals surface area contributed by atoms with E-state index in [1.807, 2.05) is 0 Å². The molecule has 7 nitrogen and oxygen atoms in total. The van der Waals surface area contributed by atoms with Crippen LogP contribution >= 0.6 is 23.2 Å². The molecule has 1 aromatic heterocycles. The lowest BCUT2D eigenvalue weighted by Crippen LogP contribution is -2.47. The minimum atomic E-state index is -3.28. The molecule has 1 N–H and O–H groups in total. The molecule has 3 rings (SSSR count). The van der Waals surface area contributed by atoms with E-state index in [0.29, 0.717) is 31.2 Å². The average molecular weight is 408 g/mol. The van der Waals surface area contributed by atoms with Gasteiger partial charge in [-0.25, -0.2) is 18.1 Å². The first kappa shape index (κ1) is 18.8. The smallest absolute Gasteiger partial charge is 0.256 e. The molecule has 1 aromatic rings. The zero-order valence-corrected chi connectivity index (χ0v) is 15.9. The minimum Gasteiger partial charge on any atom is -0.376 e. The lowest BCUT2D eigenvalue weighted by Gasteiger charge is -2.36. The van der Waals surface area contributed by atoms with Crippen LogP contribution < -0.4 is 4.72 Å². The van der Waals surface area contributed by atoms with Gasteiger partial charge < -0.3 is 9.64 Å². The number of aromatic nitrogens is 1. The summed E-state index contributed by atoms with van der Waals surface area (Å²) in [4.78, 5) is 18.4. The van der Waals surface area contributed by atoms with Gasteiger partial charge in [0.1, 0.15) is 5.15 Å². The lowest BCUT2D eigenvalue weighted by atomic mass is 9.84. The van der Waals surface area contributed by atoms with E-state index in [1.165, 1.54) is 12.3 Å². The van der Waals surface area contributed by atoms with E-state index in [2.05, 4.69) is 9.71 Å². The molecular weight excluding hydrogens is 389 g/mol. The second kappa shape index (κ2) is 7.36. The van der Waals surface area contributed by atoms with Crippen LogP contribution in [-0.4, -0.2) is 62.8 Å². The third-order valence-electron chi connectivity index (χ3n) is 4.69. The molecule has 0 bridgehead atoms. The molecule has 2 aliphatic rings. The highest BCUT2D eigenvalue weighted by atomic mass is 35.5. The highest BCUT2D eigenvalue weighted by molar-refractivity contribution is 7.88. The Labute approximate surface area is 156 Å². The van der Waals surface area contributed by atoms with E-state index in [9.17, 15) is 13.2 Å². The summed E-state index contributed by atoms with van der Waals surface area (Å²) in [6.07, 6.45) is 3.07. The maximum Gasteiger partial charge on any atom is 0.256 e. The molecule has 138 valence electrons. The van der Waals surface area contributed by atoms with E-state index < -0.39 is 10.0 Å². The van der Waals surface area contributed by atoms with Gasteiger partial charge >= 0.3 is 0 Å². The van der Waals surface area contributed by atoms with Crippen LogP contribution in [-0.2, 0) is 14.8 Å². The number of carbonyl (C=O) groups is 1. The molecule has 2 fully saturated rings. The zero-order chi connectivity index (χ0) is 18.2. The lowest BCUT2D eigenvalue weighted by molar-refractivity contribution is 0.0563. The molecule has 0 unspecified atom stereocenters. The molecule has 0 spiro atoms. The topological polar surface area (TPSA) is 88.6 Å². The summed E-state index contributed by atoms with van der Waals surface area (Å²) in [6, 6.07) is 1.45. The van der Waals surface area contributed by atoms with Crippen molar-refractivity contribution in [1.82, 2.24) is 14.6 Å².